The van der Waals surface area contributed by atoms with Gasteiger partial charge >= 0.3 is 0 Å². The van der Waals surface area contributed by atoms with Crippen LogP contribution in [0.25, 0.3) is 10.8 Å². The van der Waals surface area contributed by atoms with E-state index in [9.17, 15) is 4.79 Å². The fourth-order valence-electron chi connectivity index (χ4n) is 2.80. The Morgan fingerprint density at radius 3 is 2.81 bits per heavy atom. The lowest BCUT2D eigenvalue weighted by Crippen LogP contribution is -2.37. The summed E-state index contributed by atoms with van der Waals surface area (Å²) in [4.78, 5) is 15.4. The normalized spacial score (nSPS) is 11.1. The maximum Gasteiger partial charge on any atom is 0.257 e. The van der Waals surface area contributed by atoms with E-state index in [2.05, 4.69) is 22.4 Å². The Bertz CT molecular complexity index is 861. The number of carbonyl (C=O) groups is 1. The molecule has 3 rings (SSSR count). The molecule has 1 aromatic carbocycles. The van der Waals surface area contributed by atoms with Gasteiger partial charge in [-0.05, 0) is 42.5 Å². The molecule has 6 nitrogen and oxygen atoms in total. The molecule has 0 aliphatic carbocycles. The van der Waals surface area contributed by atoms with Crippen LogP contribution in [0, 0.1) is 6.92 Å². The smallest absolute Gasteiger partial charge is 0.257 e. The van der Waals surface area contributed by atoms with Crippen molar-refractivity contribution in [1.82, 2.24) is 20.4 Å². The molecule has 7 heteroatoms. The van der Waals surface area contributed by atoms with E-state index in [-0.39, 0.29) is 5.91 Å². The van der Waals surface area contributed by atoms with Crippen LogP contribution in [0.2, 0.25) is 0 Å². The Hall–Kier alpha value is -2.51. The third-order valence-electron chi connectivity index (χ3n) is 4.20. The predicted molar refractivity (Wildman–Crippen MR) is 106 cm³/mol. The summed E-state index contributed by atoms with van der Waals surface area (Å²) in [5.74, 6) is 1.05. The Labute approximate surface area is 163 Å². The highest BCUT2D eigenvalue weighted by Crippen LogP contribution is 2.23. The Morgan fingerprint density at radius 1 is 1.22 bits per heavy atom. The summed E-state index contributed by atoms with van der Waals surface area (Å²) in [6.07, 6.45) is 0.941. The minimum absolute atomic E-state index is 0.00954. The van der Waals surface area contributed by atoms with Crippen LogP contribution in [-0.4, -0.2) is 34.1 Å². The van der Waals surface area contributed by atoms with Crippen LogP contribution in [0.4, 0.5) is 0 Å². The summed E-state index contributed by atoms with van der Waals surface area (Å²) in [7, 11) is 0. The van der Waals surface area contributed by atoms with Gasteiger partial charge in [0.2, 0.25) is 11.8 Å². The molecule has 3 aromatic rings. The number of thiophene rings is 1. The standard InChI is InChI=1S/C20H24N4O2S/c1-3-10-24(13-18(25)21-12-16-8-5-4-7-15(16)2)14-19-22-23-20(26-19)17-9-6-11-27-17/h4-9,11H,3,10,12-14H2,1-2H3,(H,21,25). The third-order valence-corrected chi connectivity index (χ3v) is 5.06. The quantitative estimate of drug-likeness (QED) is 0.610. The molecule has 0 unspecified atom stereocenters. The number of nitrogens with zero attached hydrogens (tertiary/aromatic N) is 3. The average molecular weight is 385 g/mol. The fourth-order valence-corrected chi connectivity index (χ4v) is 3.44. The lowest BCUT2D eigenvalue weighted by Gasteiger charge is -2.19. The number of benzene rings is 1. The Morgan fingerprint density at radius 2 is 2.07 bits per heavy atom. The van der Waals surface area contributed by atoms with Crippen LogP contribution < -0.4 is 5.32 Å². The molecule has 0 bridgehead atoms. The van der Waals surface area contributed by atoms with E-state index < -0.39 is 0 Å². The zero-order valence-corrected chi connectivity index (χ0v) is 16.5. The van der Waals surface area contributed by atoms with Gasteiger partial charge in [0.25, 0.3) is 5.89 Å². The molecule has 0 radical (unpaired) electrons. The minimum atomic E-state index is -0.00954. The summed E-state index contributed by atoms with van der Waals surface area (Å²) in [6.45, 7) is 6.22. The van der Waals surface area contributed by atoms with Gasteiger partial charge in [-0.15, -0.1) is 21.5 Å². The number of aryl methyl sites for hydroxylation is 1. The number of aromatic nitrogens is 2. The van der Waals surface area contributed by atoms with Crippen molar-refractivity contribution in [3.63, 3.8) is 0 Å². The summed E-state index contributed by atoms with van der Waals surface area (Å²) in [6, 6.07) is 12.0. The summed E-state index contributed by atoms with van der Waals surface area (Å²) in [5.41, 5.74) is 2.31. The van der Waals surface area contributed by atoms with Crippen molar-refractivity contribution < 1.29 is 9.21 Å². The van der Waals surface area contributed by atoms with Crippen molar-refractivity contribution in [2.45, 2.75) is 33.4 Å². The van der Waals surface area contributed by atoms with Gasteiger partial charge in [-0.3, -0.25) is 9.69 Å². The topological polar surface area (TPSA) is 71.3 Å². The zero-order chi connectivity index (χ0) is 19.1. The molecule has 27 heavy (non-hydrogen) atoms. The second kappa shape index (κ2) is 9.43. The van der Waals surface area contributed by atoms with Gasteiger partial charge in [-0.25, -0.2) is 0 Å². The summed E-state index contributed by atoms with van der Waals surface area (Å²) in [5, 5.41) is 13.2. The van der Waals surface area contributed by atoms with E-state index in [1.165, 1.54) is 5.56 Å². The highest BCUT2D eigenvalue weighted by atomic mass is 32.1. The maximum atomic E-state index is 12.4. The number of amides is 1. The molecule has 1 amide bonds. The molecule has 142 valence electrons. The van der Waals surface area contributed by atoms with Gasteiger partial charge < -0.3 is 9.73 Å². The number of hydrogen-bond donors (Lipinski definition) is 1. The highest BCUT2D eigenvalue weighted by Gasteiger charge is 2.16. The monoisotopic (exact) mass is 384 g/mol. The van der Waals surface area contributed by atoms with E-state index in [4.69, 9.17) is 4.42 Å². The second-order valence-corrected chi connectivity index (χ2v) is 7.34. The first kappa shape index (κ1) is 19.3. The number of rotatable bonds is 9. The van der Waals surface area contributed by atoms with Crippen molar-refractivity contribution >= 4 is 17.2 Å². The number of hydrogen-bond acceptors (Lipinski definition) is 6. The first-order chi connectivity index (χ1) is 13.2. The van der Waals surface area contributed by atoms with E-state index in [1.807, 2.05) is 53.6 Å². The third kappa shape index (κ3) is 5.48. The van der Waals surface area contributed by atoms with Gasteiger partial charge in [-0.2, -0.15) is 0 Å². The highest BCUT2D eigenvalue weighted by molar-refractivity contribution is 7.13. The van der Waals surface area contributed by atoms with Gasteiger partial charge in [0, 0.05) is 6.54 Å². The van der Waals surface area contributed by atoms with Crippen molar-refractivity contribution in [3.05, 3.63) is 58.8 Å². The molecule has 0 spiro atoms. The molecular weight excluding hydrogens is 360 g/mol. The summed E-state index contributed by atoms with van der Waals surface area (Å²) >= 11 is 1.56. The van der Waals surface area contributed by atoms with E-state index in [0.29, 0.717) is 31.4 Å². The van der Waals surface area contributed by atoms with Crippen LogP contribution in [0.1, 0.15) is 30.4 Å². The van der Waals surface area contributed by atoms with Crippen LogP contribution in [-0.2, 0) is 17.9 Å². The predicted octanol–water partition coefficient (Wildman–Crippen LogP) is 3.63. The van der Waals surface area contributed by atoms with Crippen molar-refractivity contribution in [2.24, 2.45) is 0 Å². The fraction of sp³-hybridized carbons (Fsp3) is 0.350. The van der Waals surface area contributed by atoms with Crippen LogP contribution in [0.5, 0.6) is 0 Å². The molecule has 0 saturated carbocycles. The van der Waals surface area contributed by atoms with Crippen molar-refractivity contribution in [2.75, 3.05) is 13.1 Å². The zero-order valence-electron chi connectivity index (χ0n) is 15.6. The molecule has 2 aromatic heterocycles. The van der Waals surface area contributed by atoms with Crippen LogP contribution in [0.15, 0.2) is 46.2 Å². The minimum Gasteiger partial charge on any atom is -0.419 e. The largest absolute Gasteiger partial charge is 0.419 e. The Balaban J connectivity index is 1.55. The molecule has 0 aliphatic heterocycles. The van der Waals surface area contributed by atoms with E-state index in [1.54, 1.807) is 11.3 Å². The molecule has 2 heterocycles. The molecule has 0 fully saturated rings. The van der Waals surface area contributed by atoms with Gasteiger partial charge in [-0.1, -0.05) is 37.3 Å². The summed E-state index contributed by atoms with van der Waals surface area (Å²) < 4.78 is 5.75. The van der Waals surface area contributed by atoms with E-state index >= 15 is 0 Å². The maximum absolute atomic E-state index is 12.4. The van der Waals surface area contributed by atoms with Crippen molar-refractivity contribution in [3.8, 4) is 10.8 Å². The SMILES string of the molecule is CCCN(CC(=O)NCc1ccccc1C)Cc1nnc(-c2cccs2)o1. The number of nitrogens with one attached hydrogen (secondary N) is 1. The molecule has 0 saturated heterocycles. The molecule has 0 atom stereocenters. The van der Waals surface area contributed by atoms with Gasteiger partial charge in [0.05, 0.1) is 18.0 Å². The van der Waals surface area contributed by atoms with Gasteiger partial charge in [0.15, 0.2) is 0 Å². The first-order valence-electron chi connectivity index (χ1n) is 9.05. The average Bonchev–Trinajstić information content (AvgIpc) is 3.33. The lowest BCUT2D eigenvalue weighted by molar-refractivity contribution is -0.122. The van der Waals surface area contributed by atoms with Crippen molar-refractivity contribution in [1.29, 1.82) is 0 Å². The molecular formula is C20H24N4O2S. The second-order valence-electron chi connectivity index (χ2n) is 6.39. The van der Waals surface area contributed by atoms with E-state index in [0.717, 1.165) is 23.4 Å². The molecule has 0 aliphatic rings. The molecule has 1 N–H and O–H groups in total. The van der Waals surface area contributed by atoms with Crippen LogP contribution in [0.3, 0.4) is 0 Å². The van der Waals surface area contributed by atoms with Crippen LogP contribution >= 0.6 is 11.3 Å². The Kier molecular flexibility index (Phi) is 6.73. The van der Waals surface area contributed by atoms with Gasteiger partial charge in [0.1, 0.15) is 0 Å². The first-order valence-corrected chi connectivity index (χ1v) is 9.93. The lowest BCUT2D eigenvalue weighted by atomic mass is 10.1. The number of carbonyl (C=O) groups excluding carboxylic acids is 1.